The van der Waals surface area contributed by atoms with Gasteiger partial charge in [-0.05, 0) is 11.1 Å². The van der Waals surface area contributed by atoms with Crippen LogP contribution in [0.4, 0.5) is 0 Å². The summed E-state index contributed by atoms with van der Waals surface area (Å²) in [6.07, 6.45) is 0.411. The summed E-state index contributed by atoms with van der Waals surface area (Å²) in [5, 5.41) is 19.9. The van der Waals surface area contributed by atoms with Crippen molar-refractivity contribution in [1.29, 1.82) is 0 Å². The second-order valence-electron chi connectivity index (χ2n) is 4.22. The summed E-state index contributed by atoms with van der Waals surface area (Å²) < 4.78 is 0. The van der Waals surface area contributed by atoms with Crippen LogP contribution < -0.4 is 0 Å². The second-order valence-corrected chi connectivity index (χ2v) is 4.22. The van der Waals surface area contributed by atoms with E-state index < -0.39 is 5.60 Å². The monoisotopic (exact) mass is 228 g/mol. The van der Waals surface area contributed by atoms with Crippen LogP contribution in [0.25, 0.3) is 0 Å². The minimum absolute atomic E-state index is 0.286. The van der Waals surface area contributed by atoms with E-state index in [9.17, 15) is 10.2 Å². The molecule has 2 aromatic rings. The summed E-state index contributed by atoms with van der Waals surface area (Å²) in [6, 6.07) is 19.0. The van der Waals surface area contributed by atoms with Gasteiger partial charge in [0, 0.05) is 6.42 Å². The quantitative estimate of drug-likeness (QED) is 0.841. The molecule has 2 nitrogen and oxygen atoms in total. The largest absolute Gasteiger partial charge is 0.393 e. The third-order valence-electron chi connectivity index (χ3n) is 2.91. The summed E-state index contributed by atoms with van der Waals surface area (Å²) in [5.74, 6) is 0. The molecule has 0 aliphatic rings. The normalized spacial score (nSPS) is 14.2. The molecule has 0 fully saturated rings. The van der Waals surface area contributed by atoms with Gasteiger partial charge in [-0.25, -0.2) is 0 Å². The summed E-state index contributed by atoms with van der Waals surface area (Å²) >= 11 is 0. The standard InChI is InChI=1S/C15H16O2/c16-12-15(17,14-9-5-2-6-10-14)11-13-7-3-1-4-8-13/h1-10,16-17H,11-12H2/t15-/m0/s1. The molecule has 0 bridgehead atoms. The Bertz CT molecular complexity index is 453. The Balaban J connectivity index is 2.27. The van der Waals surface area contributed by atoms with Crippen molar-refractivity contribution in [2.75, 3.05) is 6.61 Å². The van der Waals surface area contributed by atoms with Gasteiger partial charge in [0.15, 0.2) is 0 Å². The van der Waals surface area contributed by atoms with Crippen LogP contribution in [0.2, 0.25) is 0 Å². The minimum Gasteiger partial charge on any atom is -0.393 e. The Kier molecular flexibility index (Phi) is 3.57. The first-order valence-electron chi connectivity index (χ1n) is 5.67. The van der Waals surface area contributed by atoms with Crippen LogP contribution in [-0.2, 0) is 12.0 Å². The Morgan fingerprint density at radius 1 is 0.824 bits per heavy atom. The SMILES string of the molecule is OC[C@@](O)(Cc1ccccc1)c1ccccc1. The molecule has 0 aliphatic carbocycles. The van der Waals surface area contributed by atoms with E-state index in [1.165, 1.54) is 0 Å². The van der Waals surface area contributed by atoms with E-state index in [-0.39, 0.29) is 6.61 Å². The van der Waals surface area contributed by atoms with E-state index in [2.05, 4.69) is 0 Å². The molecule has 0 spiro atoms. The highest BCUT2D eigenvalue weighted by Gasteiger charge is 2.28. The van der Waals surface area contributed by atoms with Crippen molar-refractivity contribution in [2.45, 2.75) is 12.0 Å². The fourth-order valence-corrected chi connectivity index (χ4v) is 1.93. The molecule has 2 aromatic carbocycles. The fourth-order valence-electron chi connectivity index (χ4n) is 1.93. The number of aliphatic hydroxyl groups excluding tert-OH is 1. The highest BCUT2D eigenvalue weighted by Crippen LogP contribution is 2.25. The number of hydrogen-bond donors (Lipinski definition) is 2. The molecule has 0 radical (unpaired) electrons. The third-order valence-corrected chi connectivity index (χ3v) is 2.91. The highest BCUT2D eigenvalue weighted by atomic mass is 16.3. The molecular weight excluding hydrogens is 212 g/mol. The van der Waals surface area contributed by atoms with Crippen LogP contribution in [-0.4, -0.2) is 16.8 Å². The lowest BCUT2D eigenvalue weighted by Crippen LogP contribution is -2.32. The van der Waals surface area contributed by atoms with Gasteiger partial charge in [-0.15, -0.1) is 0 Å². The van der Waals surface area contributed by atoms with Crippen molar-refractivity contribution in [3.05, 3.63) is 71.8 Å². The summed E-state index contributed by atoms with van der Waals surface area (Å²) in [6.45, 7) is -0.286. The summed E-state index contributed by atoms with van der Waals surface area (Å²) in [4.78, 5) is 0. The number of aliphatic hydroxyl groups is 2. The van der Waals surface area contributed by atoms with Crippen LogP contribution >= 0.6 is 0 Å². The van der Waals surface area contributed by atoms with Crippen LogP contribution in [0.5, 0.6) is 0 Å². The lowest BCUT2D eigenvalue weighted by molar-refractivity contribution is -0.0187. The van der Waals surface area contributed by atoms with E-state index >= 15 is 0 Å². The maximum atomic E-state index is 10.5. The molecule has 2 rings (SSSR count). The van der Waals surface area contributed by atoms with Crippen LogP contribution in [0, 0.1) is 0 Å². The molecule has 17 heavy (non-hydrogen) atoms. The van der Waals surface area contributed by atoms with Gasteiger partial charge < -0.3 is 10.2 Å². The molecule has 2 heteroatoms. The number of benzene rings is 2. The predicted molar refractivity (Wildman–Crippen MR) is 67.6 cm³/mol. The molecule has 2 N–H and O–H groups in total. The molecular formula is C15H16O2. The van der Waals surface area contributed by atoms with E-state index in [1.807, 2.05) is 60.7 Å². The van der Waals surface area contributed by atoms with Crippen LogP contribution in [0.3, 0.4) is 0 Å². The van der Waals surface area contributed by atoms with Gasteiger partial charge in [0.2, 0.25) is 0 Å². The molecule has 1 atom stereocenters. The van der Waals surface area contributed by atoms with Gasteiger partial charge in [0.05, 0.1) is 6.61 Å². The molecule has 0 aromatic heterocycles. The van der Waals surface area contributed by atoms with E-state index in [0.717, 1.165) is 11.1 Å². The maximum Gasteiger partial charge on any atom is 0.117 e. The van der Waals surface area contributed by atoms with Crippen LogP contribution in [0.15, 0.2) is 60.7 Å². The number of hydrogen-bond acceptors (Lipinski definition) is 2. The molecule has 0 amide bonds. The average molecular weight is 228 g/mol. The van der Waals surface area contributed by atoms with Gasteiger partial charge in [0.25, 0.3) is 0 Å². The smallest absolute Gasteiger partial charge is 0.117 e. The van der Waals surface area contributed by atoms with E-state index in [0.29, 0.717) is 6.42 Å². The van der Waals surface area contributed by atoms with Crippen molar-refractivity contribution in [3.63, 3.8) is 0 Å². The summed E-state index contributed by atoms with van der Waals surface area (Å²) in [5.41, 5.74) is 0.544. The van der Waals surface area contributed by atoms with Crippen molar-refractivity contribution in [2.24, 2.45) is 0 Å². The summed E-state index contributed by atoms with van der Waals surface area (Å²) in [7, 11) is 0. The third kappa shape index (κ3) is 2.73. The molecule has 0 saturated carbocycles. The average Bonchev–Trinajstić information content (AvgIpc) is 2.41. The molecule has 0 saturated heterocycles. The van der Waals surface area contributed by atoms with Crippen LogP contribution in [0.1, 0.15) is 11.1 Å². The van der Waals surface area contributed by atoms with Crippen molar-refractivity contribution in [3.8, 4) is 0 Å². The fraction of sp³-hybridized carbons (Fsp3) is 0.200. The van der Waals surface area contributed by atoms with E-state index in [4.69, 9.17) is 0 Å². The zero-order chi connectivity index (χ0) is 12.1. The van der Waals surface area contributed by atoms with Gasteiger partial charge in [0.1, 0.15) is 5.60 Å². The first-order valence-corrected chi connectivity index (χ1v) is 5.67. The minimum atomic E-state index is -1.21. The second kappa shape index (κ2) is 5.13. The molecule has 0 heterocycles. The Labute approximate surface area is 101 Å². The molecule has 0 unspecified atom stereocenters. The zero-order valence-corrected chi connectivity index (χ0v) is 9.58. The maximum absolute atomic E-state index is 10.5. The van der Waals surface area contributed by atoms with Crippen molar-refractivity contribution >= 4 is 0 Å². The lowest BCUT2D eigenvalue weighted by atomic mass is 9.88. The van der Waals surface area contributed by atoms with Crippen molar-refractivity contribution < 1.29 is 10.2 Å². The zero-order valence-electron chi connectivity index (χ0n) is 9.58. The number of rotatable bonds is 4. The molecule has 0 aliphatic heterocycles. The molecule has 88 valence electrons. The van der Waals surface area contributed by atoms with Crippen molar-refractivity contribution in [1.82, 2.24) is 0 Å². The van der Waals surface area contributed by atoms with E-state index in [1.54, 1.807) is 0 Å². The van der Waals surface area contributed by atoms with Gasteiger partial charge >= 0.3 is 0 Å². The predicted octanol–water partition coefficient (Wildman–Crippen LogP) is 2.11. The highest BCUT2D eigenvalue weighted by molar-refractivity contribution is 5.26. The Hall–Kier alpha value is -1.64. The first-order chi connectivity index (χ1) is 8.24. The van der Waals surface area contributed by atoms with Gasteiger partial charge in [-0.1, -0.05) is 60.7 Å². The van der Waals surface area contributed by atoms with Gasteiger partial charge in [-0.2, -0.15) is 0 Å². The lowest BCUT2D eigenvalue weighted by Gasteiger charge is -2.26. The topological polar surface area (TPSA) is 40.5 Å². The Morgan fingerprint density at radius 2 is 1.35 bits per heavy atom. The first kappa shape index (κ1) is 11.8. The Morgan fingerprint density at radius 3 is 1.88 bits per heavy atom. The van der Waals surface area contributed by atoms with Gasteiger partial charge in [-0.3, -0.25) is 0 Å².